The van der Waals surface area contributed by atoms with Crippen LogP contribution in [0.2, 0.25) is 0 Å². The van der Waals surface area contributed by atoms with Crippen LogP contribution in [0.25, 0.3) is 11.1 Å². The normalized spacial score (nSPS) is 13.8. The Hall–Kier alpha value is -4.91. The Labute approximate surface area is 245 Å². The van der Waals surface area contributed by atoms with Gasteiger partial charge in [0.15, 0.2) is 5.54 Å². The van der Waals surface area contributed by atoms with Crippen LogP contribution in [0.1, 0.15) is 53.7 Å². The molecule has 1 aliphatic rings. The fraction of sp³-hybridized carbons (Fsp3) is 0.229. The summed E-state index contributed by atoms with van der Waals surface area (Å²) in [5, 5.41) is 12.3. The van der Waals surface area contributed by atoms with Crippen molar-refractivity contribution >= 4 is 23.7 Å². The van der Waals surface area contributed by atoms with Gasteiger partial charge in [-0.3, -0.25) is 4.79 Å². The second kappa shape index (κ2) is 11.2. The molecule has 5 rings (SSSR count). The molecule has 7 nitrogen and oxygen atoms in total. The van der Waals surface area contributed by atoms with Gasteiger partial charge >= 0.3 is 12.1 Å². The van der Waals surface area contributed by atoms with E-state index in [1.165, 1.54) is 17.0 Å². The summed E-state index contributed by atoms with van der Waals surface area (Å²) in [4.78, 5) is 41.0. The average Bonchev–Trinajstić information content (AvgIpc) is 3.31. The van der Waals surface area contributed by atoms with E-state index in [1.54, 1.807) is 19.2 Å². The summed E-state index contributed by atoms with van der Waals surface area (Å²) >= 11 is 0. The molecule has 214 valence electrons. The monoisotopic (exact) mass is 562 g/mol. The second-order valence-corrected chi connectivity index (χ2v) is 11.5. The molecule has 4 aromatic carbocycles. The van der Waals surface area contributed by atoms with Gasteiger partial charge in [-0.25, -0.2) is 9.59 Å². The Bertz CT molecular complexity index is 1580. The third-order valence-corrected chi connectivity index (χ3v) is 8.09. The molecule has 2 N–H and O–H groups in total. The molecule has 42 heavy (non-hydrogen) atoms. The van der Waals surface area contributed by atoms with Crippen molar-refractivity contribution in [2.45, 2.75) is 32.2 Å². The molecule has 1 aliphatic carbocycles. The van der Waals surface area contributed by atoms with Gasteiger partial charge in [-0.05, 0) is 57.5 Å². The van der Waals surface area contributed by atoms with Gasteiger partial charge in [0, 0.05) is 18.7 Å². The molecule has 0 saturated heterocycles. The van der Waals surface area contributed by atoms with Gasteiger partial charge in [0.25, 0.3) is 5.91 Å². The molecule has 7 heteroatoms. The van der Waals surface area contributed by atoms with E-state index in [2.05, 4.69) is 29.6 Å². The van der Waals surface area contributed by atoms with E-state index in [0.29, 0.717) is 11.3 Å². The fourth-order valence-corrected chi connectivity index (χ4v) is 5.86. The summed E-state index contributed by atoms with van der Waals surface area (Å²) < 4.78 is 5.90. The number of carbonyl (C=O) groups excluding carboxylic acids is 2. The Morgan fingerprint density at radius 1 is 0.786 bits per heavy atom. The van der Waals surface area contributed by atoms with Gasteiger partial charge in [0.1, 0.15) is 6.61 Å². The van der Waals surface area contributed by atoms with E-state index in [-0.39, 0.29) is 18.1 Å². The van der Waals surface area contributed by atoms with Crippen LogP contribution in [0.3, 0.4) is 0 Å². The minimum atomic E-state index is -1.52. The van der Waals surface area contributed by atoms with Gasteiger partial charge < -0.3 is 20.1 Å². The maximum absolute atomic E-state index is 14.5. The second-order valence-electron chi connectivity index (χ2n) is 11.5. The SMILES string of the molecule is CN(C(=O)[C@@](NC(=O)OCC1c2ccccc2-c2ccccc21)(c1ccccc1)C(C)(C)C)c1ccc(C(=O)O)cc1. The van der Waals surface area contributed by atoms with Crippen molar-refractivity contribution in [2.75, 3.05) is 18.6 Å². The lowest BCUT2D eigenvalue weighted by Crippen LogP contribution is -2.63. The topological polar surface area (TPSA) is 95.9 Å². The third kappa shape index (κ3) is 5.02. The number of fused-ring (bicyclic) bond motifs is 3. The molecule has 0 saturated carbocycles. The number of amides is 2. The highest BCUT2D eigenvalue weighted by Crippen LogP contribution is 2.45. The minimum Gasteiger partial charge on any atom is -0.478 e. The van der Waals surface area contributed by atoms with E-state index in [0.717, 1.165) is 22.3 Å². The van der Waals surface area contributed by atoms with Crippen molar-refractivity contribution in [3.05, 3.63) is 125 Å². The molecule has 0 aliphatic heterocycles. The molecule has 0 radical (unpaired) electrons. The summed E-state index contributed by atoms with van der Waals surface area (Å²) in [5.74, 6) is -1.58. The number of carboxylic acid groups (broad SMARTS) is 1. The summed E-state index contributed by atoms with van der Waals surface area (Å²) in [5.41, 5.74) is 3.33. The molecular weight excluding hydrogens is 528 g/mol. The zero-order valence-corrected chi connectivity index (χ0v) is 24.1. The number of ether oxygens (including phenoxy) is 1. The number of hydrogen-bond donors (Lipinski definition) is 2. The van der Waals surface area contributed by atoms with Crippen LogP contribution in [0.15, 0.2) is 103 Å². The fourth-order valence-electron chi connectivity index (χ4n) is 5.86. The standard InChI is InChI=1S/C35H34N2O5/c1-34(2,3)35(24-12-6-5-7-13-24,32(40)37(4)25-20-18-23(19-21-25)31(38)39)36-33(41)42-22-30-28-16-10-8-14-26(28)27-15-9-11-17-29(27)30/h5-21,30H,22H2,1-4H3,(H,36,41)(H,38,39)/t35-/m0/s1. The highest BCUT2D eigenvalue weighted by molar-refractivity contribution is 6.03. The zero-order valence-electron chi connectivity index (χ0n) is 24.1. The molecule has 0 aromatic heterocycles. The van der Waals surface area contributed by atoms with Crippen molar-refractivity contribution in [1.29, 1.82) is 0 Å². The number of carbonyl (C=O) groups is 3. The van der Waals surface area contributed by atoms with Gasteiger partial charge in [0.2, 0.25) is 0 Å². The lowest BCUT2D eigenvalue weighted by molar-refractivity contribution is -0.129. The van der Waals surface area contributed by atoms with Crippen molar-refractivity contribution < 1.29 is 24.2 Å². The van der Waals surface area contributed by atoms with Crippen LogP contribution in [0.4, 0.5) is 10.5 Å². The number of anilines is 1. The molecular formula is C35H34N2O5. The van der Waals surface area contributed by atoms with Crippen molar-refractivity contribution in [3.8, 4) is 11.1 Å². The predicted molar refractivity (Wildman–Crippen MR) is 163 cm³/mol. The molecule has 0 spiro atoms. The van der Waals surface area contributed by atoms with Crippen LogP contribution < -0.4 is 10.2 Å². The highest BCUT2D eigenvalue weighted by atomic mass is 16.5. The molecule has 1 atom stereocenters. The maximum Gasteiger partial charge on any atom is 0.408 e. The number of nitrogens with one attached hydrogen (secondary N) is 1. The molecule has 0 bridgehead atoms. The molecule has 0 heterocycles. The van der Waals surface area contributed by atoms with Crippen molar-refractivity contribution in [1.82, 2.24) is 5.32 Å². The van der Waals surface area contributed by atoms with E-state index in [1.807, 2.05) is 75.4 Å². The molecule has 4 aromatic rings. The van der Waals surface area contributed by atoms with Gasteiger partial charge in [-0.1, -0.05) is 99.6 Å². The van der Waals surface area contributed by atoms with Crippen molar-refractivity contribution in [3.63, 3.8) is 0 Å². The summed E-state index contributed by atoms with van der Waals surface area (Å²) in [6.07, 6.45) is -0.710. The largest absolute Gasteiger partial charge is 0.478 e. The van der Waals surface area contributed by atoms with E-state index < -0.39 is 28.9 Å². The number of carboxylic acids is 1. The first-order valence-corrected chi connectivity index (χ1v) is 13.8. The van der Waals surface area contributed by atoms with Crippen molar-refractivity contribution in [2.24, 2.45) is 5.41 Å². The molecule has 0 fully saturated rings. The summed E-state index contributed by atoms with van der Waals surface area (Å²) in [6, 6.07) is 31.4. The molecule has 2 amide bonds. The van der Waals surface area contributed by atoms with Crippen LogP contribution in [0, 0.1) is 5.41 Å². The number of nitrogens with zero attached hydrogens (tertiary/aromatic N) is 1. The number of alkyl carbamates (subject to hydrolysis) is 1. The Kier molecular flexibility index (Phi) is 7.61. The van der Waals surface area contributed by atoms with E-state index in [4.69, 9.17) is 4.74 Å². The number of rotatable bonds is 7. The van der Waals surface area contributed by atoms with Crippen LogP contribution >= 0.6 is 0 Å². The quantitative estimate of drug-likeness (QED) is 0.257. The third-order valence-electron chi connectivity index (χ3n) is 8.09. The number of hydrogen-bond acceptors (Lipinski definition) is 4. The van der Waals surface area contributed by atoms with Crippen LogP contribution in [0.5, 0.6) is 0 Å². The summed E-state index contributed by atoms with van der Waals surface area (Å²) in [7, 11) is 1.61. The summed E-state index contributed by atoms with van der Waals surface area (Å²) in [6.45, 7) is 5.78. The first kappa shape index (κ1) is 28.6. The van der Waals surface area contributed by atoms with Crippen LogP contribution in [-0.4, -0.2) is 36.7 Å². The smallest absolute Gasteiger partial charge is 0.408 e. The highest BCUT2D eigenvalue weighted by Gasteiger charge is 2.53. The first-order valence-electron chi connectivity index (χ1n) is 13.8. The predicted octanol–water partition coefficient (Wildman–Crippen LogP) is 6.83. The lowest BCUT2D eigenvalue weighted by Gasteiger charge is -2.45. The zero-order chi connectivity index (χ0) is 30.1. The van der Waals surface area contributed by atoms with E-state index in [9.17, 15) is 19.5 Å². The lowest BCUT2D eigenvalue weighted by atomic mass is 9.68. The maximum atomic E-state index is 14.5. The average molecular weight is 563 g/mol. The minimum absolute atomic E-state index is 0.107. The van der Waals surface area contributed by atoms with Gasteiger partial charge in [0.05, 0.1) is 5.56 Å². The number of aromatic carboxylic acids is 1. The van der Waals surface area contributed by atoms with Crippen LogP contribution in [-0.2, 0) is 15.1 Å². The Morgan fingerprint density at radius 3 is 1.83 bits per heavy atom. The van der Waals surface area contributed by atoms with Gasteiger partial charge in [-0.2, -0.15) is 0 Å². The Morgan fingerprint density at radius 2 is 1.31 bits per heavy atom. The van der Waals surface area contributed by atoms with E-state index >= 15 is 0 Å². The number of benzene rings is 4. The first-order chi connectivity index (χ1) is 20.0. The molecule has 0 unspecified atom stereocenters. The Balaban J connectivity index is 1.47. The van der Waals surface area contributed by atoms with Gasteiger partial charge in [-0.15, -0.1) is 0 Å². The number of likely N-dealkylation sites (N-methyl/N-ethyl adjacent to an activating group) is 1.